The van der Waals surface area contributed by atoms with Gasteiger partial charge in [0.1, 0.15) is 6.61 Å². The maximum Gasteiger partial charge on any atom is 0.114 e. The molecule has 12 heavy (non-hydrogen) atoms. The van der Waals surface area contributed by atoms with Gasteiger partial charge in [-0.3, -0.25) is 0 Å². The average molecular weight is 164 g/mol. The van der Waals surface area contributed by atoms with Crippen LogP contribution in [0.2, 0.25) is 0 Å². The summed E-state index contributed by atoms with van der Waals surface area (Å²) in [6.45, 7) is 2.56. The number of hydrogen-bond donors (Lipinski definition) is 0. The molecule has 0 saturated heterocycles. The van der Waals surface area contributed by atoms with Crippen LogP contribution in [0.15, 0.2) is 29.0 Å². The fraction of sp³-hybridized carbons (Fsp3) is 0.400. The van der Waals surface area contributed by atoms with Crippen molar-refractivity contribution in [2.75, 3.05) is 6.61 Å². The van der Waals surface area contributed by atoms with Crippen molar-refractivity contribution in [3.8, 4) is 0 Å². The Bertz CT molecular complexity index is 204. The molecule has 0 saturated carbocycles. The summed E-state index contributed by atoms with van der Waals surface area (Å²) in [5.74, 6) is 0. The van der Waals surface area contributed by atoms with E-state index in [0.29, 0.717) is 6.61 Å². The van der Waals surface area contributed by atoms with E-state index in [4.69, 9.17) is 4.84 Å². The minimum absolute atomic E-state index is 0.638. The molecule has 0 aromatic carbocycles. The lowest BCUT2D eigenvalue weighted by Gasteiger charge is -2.01. The van der Waals surface area contributed by atoms with Gasteiger partial charge in [0.15, 0.2) is 0 Å². The Balaban J connectivity index is 2.22. The molecule has 1 aliphatic rings. The van der Waals surface area contributed by atoms with Crippen LogP contribution in [0.4, 0.5) is 0 Å². The highest BCUT2D eigenvalue weighted by Crippen LogP contribution is 2.10. The molecule has 65 valence electrons. The molecule has 1 aliphatic carbocycles. The molecule has 0 N–H and O–H groups in total. The Labute approximate surface area is 73.6 Å². The zero-order valence-corrected chi connectivity index (χ0v) is 7.36. The molecule has 1 radical (unpaired) electrons. The van der Waals surface area contributed by atoms with E-state index in [1.165, 1.54) is 5.57 Å². The van der Waals surface area contributed by atoms with Crippen molar-refractivity contribution in [3.63, 3.8) is 0 Å². The standard InChI is InChI=1S/C10H14NO/c1-2-12-11-9-8-10-6-4-3-5-7-10/h3-4,6-7,9H,2,5,8H2,1H3. The fourth-order valence-corrected chi connectivity index (χ4v) is 0.979. The highest BCUT2D eigenvalue weighted by Gasteiger charge is 1.94. The minimum Gasteiger partial charge on any atom is -0.396 e. The highest BCUT2D eigenvalue weighted by atomic mass is 16.6. The average Bonchev–Trinajstić information content (AvgIpc) is 2.14. The van der Waals surface area contributed by atoms with E-state index in [1.807, 2.05) is 6.92 Å². The van der Waals surface area contributed by atoms with E-state index in [2.05, 4.69) is 29.8 Å². The first-order valence-corrected chi connectivity index (χ1v) is 4.26. The van der Waals surface area contributed by atoms with Gasteiger partial charge in [0.05, 0.1) is 0 Å². The van der Waals surface area contributed by atoms with Crippen molar-refractivity contribution in [2.45, 2.75) is 19.8 Å². The van der Waals surface area contributed by atoms with E-state index in [1.54, 1.807) is 6.21 Å². The molecule has 0 atom stereocenters. The van der Waals surface area contributed by atoms with Gasteiger partial charge in [-0.15, -0.1) is 0 Å². The molecule has 0 aromatic rings. The van der Waals surface area contributed by atoms with E-state index in [9.17, 15) is 0 Å². The number of rotatable bonds is 4. The van der Waals surface area contributed by atoms with Crippen molar-refractivity contribution in [1.29, 1.82) is 0 Å². The lowest BCUT2D eigenvalue weighted by atomic mass is 10.1. The van der Waals surface area contributed by atoms with Crippen molar-refractivity contribution < 1.29 is 4.84 Å². The van der Waals surface area contributed by atoms with Crippen LogP contribution in [-0.2, 0) is 4.84 Å². The van der Waals surface area contributed by atoms with Crippen LogP contribution in [0.5, 0.6) is 0 Å². The topological polar surface area (TPSA) is 21.6 Å². The van der Waals surface area contributed by atoms with E-state index in [-0.39, 0.29) is 0 Å². The maximum absolute atomic E-state index is 4.83. The van der Waals surface area contributed by atoms with Crippen molar-refractivity contribution in [3.05, 3.63) is 30.2 Å². The van der Waals surface area contributed by atoms with E-state index < -0.39 is 0 Å². The van der Waals surface area contributed by atoms with E-state index >= 15 is 0 Å². The van der Waals surface area contributed by atoms with Crippen LogP contribution >= 0.6 is 0 Å². The predicted molar refractivity (Wildman–Crippen MR) is 50.9 cm³/mol. The summed E-state index contributed by atoms with van der Waals surface area (Å²) < 4.78 is 0. The Hall–Kier alpha value is -1.05. The smallest absolute Gasteiger partial charge is 0.114 e. The third kappa shape index (κ3) is 3.37. The molecule has 0 aliphatic heterocycles. The zero-order chi connectivity index (χ0) is 8.65. The summed E-state index contributed by atoms with van der Waals surface area (Å²) in [4.78, 5) is 4.83. The second-order valence-electron chi connectivity index (χ2n) is 2.52. The molecule has 2 heteroatoms. The Kier molecular flexibility index (Phi) is 4.21. The first kappa shape index (κ1) is 9.04. The molecule has 2 nitrogen and oxygen atoms in total. The van der Waals surface area contributed by atoms with E-state index in [0.717, 1.165) is 12.8 Å². The number of hydrogen-bond acceptors (Lipinski definition) is 2. The van der Waals surface area contributed by atoms with Gasteiger partial charge in [-0.2, -0.15) is 0 Å². The van der Waals surface area contributed by atoms with Crippen LogP contribution < -0.4 is 0 Å². The second kappa shape index (κ2) is 5.58. The third-order valence-corrected chi connectivity index (χ3v) is 1.57. The summed E-state index contributed by atoms with van der Waals surface area (Å²) in [6.07, 6.45) is 12.2. The molecule has 0 amide bonds. The maximum atomic E-state index is 4.83. The van der Waals surface area contributed by atoms with Crippen LogP contribution in [0.3, 0.4) is 0 Å². The number of nitrogens with zero attached hydrogens (tertiary/aromatic N) is 1. The molecule has 0 spiro atoms. The lowest BCUT2D eigenvalue weighted by molar-refractivity contribution is 0.160. The van der Waals surface area contributed by atoms with Crippen LogP contribution in [-0.4, -0.2) is 12.8 Å². The first-order valence-electron chi connectivity index (χ1n) is 4.26. The van der Waals surface area contributed by atoms with Gasteiger partial charge in [-0.05, 0) is 25.3 Å². The van der Waals surface area contributed by atoms with Crippen LogP contribution in [0.1, 0.15) is 19.8 Å². The SMILES string of the molecule is CCON=CCC1=CC[CH]C=C1. The van der Waals surface area contributed by atoms with Gasteiger partial charge in [-0.1, -0.05) is 23.4 Å². The van der Waals surface area contributed by atoms with Gasteiger partial charge in [0.2, 0.25) is 0 Å². The molecule has 1 rings (SSSR count). The van der Waals surface area contributed by atoms with Crippen molar-refractivity contribution in [1.82, 2.24) is 0 Å². The van der Waals surface area contributed by atoms with Gasteiger partial charge >= 0.3 is 0 Å². The first-order chi connectivity index (χ1) is 5.93. The summed E-state index contributed by atoms with van der Waals surface area (Å²) in [6, 6.07) is 0. The third-order valence-electron chi connectivity index (χ3n) is 1.57. The van der Waals surface area contributed by atoms with Crippen molar-refractivity contribution >= 4 is 6.21 Å². The molecular formula is C10H14NO. The summed E-state index contributed by atoms with van der Waals surface area (Å²) >= 11 is 0. The molecule has 0 aromatic heterocycles. The Morgan fingerprint density at radius 2 is 2.58 bits per heavy atom. The molecule has 0 unspecified atom stereocenters. The molecule has 0 bridgehead atoms. The summed E-state index contributed by atoms with van der Waals surface area (Å²) in [7, 11) is 0. The quantitative estimate of drug-likeness (QED) is 0.462. The van der Waals surface area contributed by atoms with Gasteiger partial charge in [0.25, 0.3) is 0 Å². The summed E-state index contributed by atoms with van der Waals surface area (Å²) in [5, 5.41) is 3.77. The monoisotopic (exact) mass is 164 g/mol. The van der Waals surface area contributed by atoms with Crippen LogP contribution in [0.25, 0.3) is 0 Å². The Morgan fingerprint density at radius 3 is 3.25 bits per heavy atom. The number of oxime groups is 1. The van der Waals surface area contributed by atoms with Gasteiger partial charge in [0, 0.05) is 12.6 Å². The van der Waals surface area contributed by atoms with Crippen molar-refractivity contribution in [2.24, 2.45) is 5.16 Å². The van der Waals surface area contributed by atoms with Crippen LogP contribution in [0, 0.1) is 6.42 Å². The summed E-state index contributed by atoms with van der Waals surface area (Å²) in [5.41, 5.74) is 1.31. The predicted octanol–water partition coefficient (Wildman–Crippen LogP) is 2.49. The lowest BCUT2D eigenvalue weighted by Crippen LogP contribution is -1.87. The highest BCUT2D eigenvalue weighted by molar-refractivity contribution is 5.62. The van der Waals surface area contributed by atoms with Gasteiger partial charge < -0.3 is 4.84 Å². The van der Waals surface area contributed by atoms with Gasteiger partial charge in [-0.25, -0.2) is 0 Å². The number of allylic oxidation sites excluding steroid dienone is 4. The molecular weight excluding hydrogens is 150 g/mol. The normalized spacial score (nSPS) is 16.6. The largest absolute Gasteiger partial charge is 0.396 e. The second-order valence-corrected chi connectivity index (χ2v) is 2.52. The molecule has 0 fully saturated rings. The molecule has 0 heterocycles. The minimum atomic E-state index is 0.638. The zero-order valence-electron chi connectivity index (χ0n) is 7.36. The fourth-order valence-electron chi connectivity index (χ4n) is 0.979. The Morgan fingerprint density at radius 1 is 1.67 bits per heavy atom.